The maximum Gasteiger partial charge on any atom is 0.311 e. The molecule has 2 saturated heterocycles. The zero-order valence-electron chi connectivity index (χ0n) is 39.8. The first kappa shape index (κ1) is 43.6. The van der Waals surface area contributed by atoms with E-state index < -0.39 is 34.2 Å². The van der Waals surface area contributed by atoms with Gasteiger partial charge < -0.3 is 29.2 Å². The number of aliphatic hydroxyl groups is 2. The van der Waals surface area contributed by atoms with Crippen LogP contribution in [0.2, 0.25) is 0 Å². The van der Waals surface area contributed by atoms with Crippen LogP contribution in [0.5, 0.6) is 23.0 Å². The monoisotopic (exact) mass is 946 g/mol. The summed E-state index contributed by atoms with van der Waals surface area (Å²) >= 11 is 0. The summed E-state index contributed by atoms with van der Waals surface area (Å²) in [4.78, 5) is 58.7. The van der Waals surface area contributed by atoms with E-state index in [4.69, 9.17) is 18.9 Å². The molecule has 14 rings (SSSR count). The van der Waals surface area contributed by atoms with E-state index in [1.54, 1.807) is 0 Å². The van der Waals surface area contributed by atoms with E-state index in [1.165, 1.54) is 25.7 Å². The van der Waals surface area contributed by atoms with Crippen LogP contribution in [0, 0.1) is 11.8 Å². The minimum Gasteiger partial charge on any atom is -0.477 e. The predicted octanol–water partition coefficient (Wildman–Crippen LogP) is 6.96. The van der Waals surface area contributed by atoms with Gasteiger partial charge in [-0.2, -0.15) is 0 Å². The molecule has 0 aromatic heterocycles. The summed E-state index contributed by atoms with van der Waals surface area (Å²) in [6.07, 6.45) is 10.7. The third kappa shape index (κ3) is 6.34. The van der Waals surface area contributed by atoms with Gasteiger partial charge in [0, 0.05) is 62.0 Å². The van der Waals surface area contributed by atoms with Crippen molar-refractivity contribution in [2.75, 3.05) is 26.2 Å². The van der Waals surface area contributed by atoms with Crippen LogP contribution in [0.25, 0.3) is 10.8 Å². The number of fused-ring (bicyclic) bond motifs is 1. The normalized spacial score (nSPS) is 33.1. The van der Waals surface area contributed by atoms with Crippen LogP contribution >= 0.6 is 0 Å². The Hall–Kier alpha value is -5.14. The average Bonchev–Trinajstić information content (AvgIpc) is 4.28. The maximum atomic E-state index is 13.5. The average molecular weight is 947 g/mol. The van der Waals surface area contributed by atoms with Crippen molar-refractivity contribution in [3.05, 3.63) is 94.0 Å². The molecular formula is C58H62N2O10. The number of piperidine rings is 2. The summed E-state index contributed by atoms with van der Waals surface area (Å²) in [5.74, 6) is 2.38. The molecule has 10 aliphatic rings. The maximum absolute atomic E-state index is 13.5. The van der Waals surface area contributed by atoms with E-state index in [9.17, 15) is 29.4 Å². The molecular weight excluding hydrogens is 885 g/mol. The van der Waals surface area contributed by atoms with E-state index in [0.717, 1.165) is 70.3 Å². The number of hydrogen-bond donors (Lipinski definition) is 2. The number of esters is 2. The number of likely N-dealkylation sites (tertiary alicyclic amines) is 2. The molecule has 4 bridgehead atoms. The largest absolute Gasteiger partial charge is 0.477 e. The van der Waals surface area contributed by atoms with Gasteiger partial charge in [-0.05, 0) is 160 Å². The van der Waals surface area contributed by atoms with Gasteiger partial charge in [0.2, 0.25) is 0 Å². The third-order valence-electron chi connectivity index (χ3n) is 19.2. The number of hydrogen-bond acceptors (Lipinski definition) is 12. The van der Waals surface area contributed by atoms with Crippen molar-refractivity contribution >= 4 is 34.3 Å². The number of benzene rings is 4. The second-order valence-electron chi connectivity index (χ2n) is 23.1. The van der Waals surface area contributed by atoms with Crippen LogP contribution in [-0.2, 0) is 55.7 Å². The number of carbonyl (C=O) groups excluding carboxylic acids is 4. The number of rotatable bonds is 14. The number of aryl methyl sites for hydroxylation is 2. The minimum absolute atomic E-state index is 0.0245. The summed E-state index contributed by atoms with van der Waals surface area (Å²) in [5.41, 5.74) is 2.48. The van der Waals surface area contributed by atoms with E-state index in [1.807, 2.05) is 24.3 Å². The highest BCUT2D eigenvalue weighted by atomic mass is 16.6. The summed E-state index contributed by atoms with van der Waals surface area (Å²) < 4.78 is 25.0. The molecule has 8 atom stereocenters. The first-order valence-electron chi connectivity index (χ1n) is 26.5. The highest BCUT2D eigenvalue weighted by Gasteiger charge is 2.75. The summed E-state index contributed by atoms with van der Waals surface area (Å²) in [7, 11) is 0. The lowest BCUT2D eigenvalue weighted by Crippen LogP contribution is -2.76. The second-order valence-corrected chi connectivity index (χ2v) is 23.1. The molecule has 4 aromatic rings. The van der Waals surface area contributed by atoms with Crippen molar-refractivity contribution in [2.45, 2.75) is 162 Å². The van der Waals surface area contributed by atoms with Gasteiger partial charge in [0.1, 0.15) is 0 Å². The second kappa shape index (κ2) is 15.7. The Morgan fingerprint density at radius 3 is 1.47 bits per heavy atom. The van der Waals surface area contributed by atoms with Crippen LogP contribution in [0.15, 0.2) is 60.7 Å². The molecule has 4 heterocycles. The lowest BCUT2D eigenvalue weighted by Gasteiger charge is -2.62. The summed E-state index contributed by atoms with van der Waals surface area (Å²) in [6, 6.07) is 20.3. The van der Waals surface area contributed by atoms with Gasteiger partial charge in [0.05, 0.1) is 22.0 Å². The van der Waals surface area contributed by atoms with Crippen LogP contribution in [-0.4, -0.2) is 105 Å². The topological polar surface area (TPSA) is 152 Å². The van der Waals surface area contributed by atoms with Crippen LogP contribution in [0.3, 0.4) is 0 Å². The Kier molecular flexibility index (Phi) is 9.77. The van der Waals surface area contributed by atoms with Gasteiger partial charge in [0.15, 0.2) is 46.8 Å². The Labute approximate surface area is 408 Å². The smallest absolute Gasteiger partial charge is 0.311 e. The molecule has 6 fully saturated rings. The lowest BCUT2D eigenvalue weighted by molar-refractivity contribution is -0.188. The number of ketones is 2. The fraction of sp³-hybridized carbons (Fsp3) is 0.552. The van der Waals surface area contributed by atoms with Gasteiger partial charge in [-0.25, -0.2) is 0 Å². The van der Waals surface area contributed by atoms with Crippen molar-refractivity contribution in [3.8, 4) is 23.0 Å². The Bertz CT molecular complexity index is 2730. The number of nitrogens with zero attached hydrogens (tertiary/aromatic N) is 2. The molecule has 364 valence electrons. The first-order chi connectivity index (χ1) is 34.0. The van der Waals surface area contributed by atoms with Crippen molar-refractivity contribution < 1.29 is 48.3 Å². The molecule has 4 aromatic carbocycles. The Morgan fingerprint density at radius 1 is 0.600 bits per heavy atom. The van der Waals surface area contributed by atoms with Crippen molar-refractivity contribution in [3.63, 3.8) is 0 Å². The molecule has 4 aliphatic heterocycles. The quantitative estimate of drug-likeness (QED) is 0.0994. The highest BCUT2D eigenvalue weighted by Crippen LogP contribution is 2.67. The van der Waals surface area contributed by atoms with E-state index in [0.29, 0.717) is 112 Å². The van der Waals surface area contributed by atoms with Crippen LogP contribution < -0.4 is 18.9 Å². The Balaban J connectivity index is 0.594. The molecule has 0 radical (unpaired) electrons. The first-order valence-corrected chi connectivity index (χ1v) is 26.5. The van der Waals surface area contributed by atoms with Crippen LogP contribution in [0.1, 0.15) is 123 Å². The van der Waals surface area contributed by atoms with Gasteiger partial charge >= 0.3 is 11.9 Å². The van der Waals surface area contributed by atoms with E-state index >= 15 is 0 Å². The fourth-order valence-electron chi connectivity index (χ4n) is 15.5. The molecule has 12 nitrogen and oxygen atoms in total. The molecule has 0 amide bonds. The van der Waals surface area contributed by atoms with Crippen LogP contribution in [0.4, 0.5) is 0 Å². The molecule has 4 saturated carbocycles. The standard InChI is InChI=1S/C58H62N2O10/c61-41-19-21-57(65)45-29-39-15-17-43(51-49(39)55(57,53(41)69-51)23-25-59(45)31-35-7-8-35)67-47(63)5-1-3-33-11-13-38-28-34(12-14-37(38)27-33)4-2-6-48(64)68-44-18-16-40-30-46-58(66)22-20-42(62)54-56(58,50(40)52(44)70-54)24-26-60(46)32-36-9-10-36/h11-18,27-28,35-36,45-46,53-54,65-66H,1-10,19-26,29-32H2/t45-,46-,53+,54+,55+,56+,57-,58-/m1/s1. The van der Waals surface area contributed by atoms with Gasteiger partial charge in [-0.1, -0.05) is 48.5 Å². The summed E-state index contributed by atoms with van der Waals surface area (Å²) in [5, 5.41) is 27.4. The molecule has 6 aliphatic carbocycles. The Morgan fingerprint density at radius 2 is 1.04 bits per heavy atom. The molecule has 70 heavy (non-hydrogen) atoms. The minimum atomic E-state index is -1.06. The predicted molar refractivity (Wildman–Crippen MR) is 257 cm³/mol. The number of ether oxygens (including phenoxy) is 4. The van der Waals surface area contributed by atoms with Gasteiger partial charge in [-0.3, -0.25) is 29.0 Å². The number of carbonyl (C=O) groups is 4. The zero-order chi connectivity index (χ0) is 47.3. The van der Waals surface area contributed by atoms with Gasteiger partial charge in [0.25, 0.3) is 0 Å². The molecule has 2 spiro atoms. The third-order valence-corrected chi connectivity index (χ3v) is 19.2. The summed E-state index contributed by atoms with van der Waals surface area (Å²) in [6.45, 7) is 3.64. The van der Waals surface area contributed by atoms with Gasteiger partial charge in [-0.15, -0.1) is 0 Å². The SMILES string of the molecule is O=C(CCCc1ccc2cc(CCCC(=O)Oc3ccc4c5c3O[C@H]3C(=O)CC[C@@]6(O)[C@@H](C4)N(CC4CC4)CC[C@]536)ccc2c1)Oc1ccc2c3c1O[C@H]1C(=O)CC[C@@]4(O)[C@@H](C2)N(CC2CC2)CC[C@]314. The van der Waals surface area contributed by atoms with Crippen molar-refractivity contribution in [1.82, 2.24) is 9.80 Å². The number of Topliss-reactive ketones (excluding diaryl/α,β-unsaturated/α-hetero) is 2. The van der Waals surface area contributed by atoms with E-state index in [2.05, 4.69) is 46.2 Å². The van der Waals surface area contributed by atoms with E-state index in [-0.39, 0.29) is 48.4 Å². The molecule has 0 unspecified atom stereocenters. The zero-order valence-corrected chi connectivity index (χ0v) is 39.8. The molecule has 12 heteroatoms. The highest BCUT2D eigenvalue weighted by molar-refractivity contribution is 5.91. The lowest BCUT2D eigenvalue weighted by atomic mass is 9.49. The molecule has 2 N–H and O–H groups in total. The van der Waals surface area contributed by atoms with Crippen molar-refractivity contribution in [2.24, 2.45) is 11.8 Å². The fourth-order valence-corrected chi connectivity index (χ4v) is 15.5. The van der Waals surface area contributed by atoms with Crippen molar-refractivity contribution in [1.29, 1.82) is 0 Å².